The number of piperidine rings is 1. The number of aliphatic imine (C=N–C) groups is 1. The predicted molar refractivity (Wildman–Crippen MR) is 142 cm³/mol. The number of carboxylic acids is 1. The van der Waals surface area contributed by atoms with Gasteiger partial charge in [-0.15, -0.1) is 11.3 Å². The van der Waals surface area contributed by atoms with E-state index in [0.29, 0.717) is 47.6 Å². The van der Waals surface area contributed by atoms with Crippen LogP contribution < -0.4 is 10.2 Å². The van der Waals surface area contributed by atoms with Gasteiger partial charge in [-0.1, -0.05) is 17.4 Å². The molecule has 1 atom stereocenters. The maximum Gasteiger partial charge on any atom is 0.347 e. The minimum atomic E-state index is -1.07. The van der Waals surface area contributed by atoms with E-state index in [1.807, 2.05) is 4.90 Å². The van der Waals surface area contributed by atoms with Crippen LogP contribution in [0.25, 0.3) is 0 Å². The lowest BCUT2D eigenvalue weighted by atomic mass is 9.86. The molecule has 1 saturated heterocycles. The van der Waals surface area contributed by atoms with Crippen molar-refractivity contribution in [3.8, 4) is 0 Å². The average Bonchev–Trinajstić information content (AvgIpc) is 3.64. The number of nitrogens with zero attached hydrogens (tertiary/aromatic N) is 4. The first kappa shape index (κ1) is 26.4. The van der Waals surface area contributed by atoms with Crippen molar-refractivity contribution in [2.75, 3.05) is 25.1 Å². The Balaban J connectivity index is 1.53. The van der Waals surface area contributed by atoms with Crippen molar-refractivity contribution in [1.29, 1.82) is 0 Å². The summed E-state index contributed by atoms with van der Waals surface area (Å²) in [4.78, 5) is 39.9. The van der Waals surface area contributed by atoms with Crippen LogP contribution >= 0.6 is 38.6 Å². The second kappa shape index (κ2) is 10.9. The molecule has 5 rings (SSSR count). The molecule has 198 valence electrons. The van der Waals surface area contributed by atoms with E-state index in [1.165, 1.54) is 30.7 Å². The van der Waals surface area contributed by atoms with Gasteiger partial charge >= 0.3 is 11.9 Å². The Morgan fingerprint density at radius 1 is 1.24 bits per heavy atom. The molecule has 2 aliphatic rings. The lowest BCUT2D eigenvalue weighted by Crippen LogP contribution is -2.41. The first-order valence-electron chi connectivity index (χ1n) is 11.4. The van der Waals surface area contributed by atoms with Crippen molar-refractivity contribution in [2.24, 2.45) is 10.9 Å². The standard InChI is InChI=1S/C24H20BrF2N5O4S2/c1-36-23(35)15-18(11-4-7-32(8-5-11)24-29-10-14(38-24)22(33)34)30-20(21-28-6-9-37-21)31-19(15)12-2-3-13(26)17(27)16(12)25/h2-3,6,9-11,19H,4-5,7-8H2,1H3,(H,30,31)(H,33,34). The molecule has 4 heterocycles. The number of nitrogens with one attached hydrogen (secondary N) is 1. The van der Waals surface area contributed by atoms with Gasteiger partial charge in [0.1, 0.15) is 10.9 Å². The van der Waals surface area contributed by atoms with Crippen LogP contribution in [0.2, 0.25) is 0 Å². The van der Waals surface area contributed by atoms with E-state index < -0.39 is 29.6 Å². The number of ether oxygens (including phenoxy) is 1. The summed E-state index contributed by atoms with van der Waals surface area (Å²) in [7, 11) is 1.26. The molecule has 1 aromatic carbocycles. The smallest absolute Gasteiger partial charge is 0.347 e. The van der Waals surface area contributed by atoms with Crippen LogP contribution in [0.3, 0.4) is 0 Å². The first-order chi connectivity index (χ1) is 18.3. The monoisotopic (exact) mass is 623 g/mol. The molecular weight excluding hydrogens is 604 g/mol. The number of carbonyl (C=O) groups is 2. The Morgan fingerprint density at radius 2 is 2.00 bits per heavy atom. The predicted octanol–water partition coefficient (Wildman–Crippen LogP) is 4.77. The highest BCUT2D eigenvalue weighted by atomic mass is 79.9. The zero-order chi connectivity index (χ0) is 27.0. The second-order valence-corrected chi connectivity index (χ2v) is 11.2. The molecule has 2 aromatic heterocycles. The summed E-state index contributed by atoms with van der Waals surface area (Å²) in [5.41, 5.74) is 1.07. The molecule has 9 nitrogen and oxygen atoms in total. The number of aromatic nitrogens is 2. The quantitative estimate of drug-likeness (QED) is 0.298. The van der Waals surface area contributed by atoms with Gasteiger partial charge in [0, 0.05) is 36.3 Å². The molecule has 0 bridgehead atoms. The van der Waals surface area contributed by atoms with E-state index in [4.69, 9.17) is 9.73 Å². The van der Waals surface area contributed by atoms with Crippen LogP contribution in [0.4, 0.5) is 13.9 Å². The van der Waals surface area contributed by atoms with Crippen LogP contribution in [0.15, 0.2) is 50.6 Å². The van der Waals surface area contributed by atoms with Crippen molar-refractivity contribution in [2.45, 2.75) is 18.9 Å². The summed E-state index contributed by atoms with van der Waals surface area (Å²) >= 11 is 5.61. The van der Waals surface area contributed by atoms with Crippen molar-refractivity contribution in [3.63, 3.8) is 0 Å². The Kier molecular flexibility index (Phi) is 7.54. The van der Waals surface area contributed by atoms with Gasteiger partial charge in [0.2, 0.25) is 0 Å². The van der Waals surface area contributed by atoms with Crippen LogP contribution in [0.5, 0.6) is 0 Å². The van der Waals surface area contributed by atoms with Crippen LogP contribution in [0.1, 0.15) is 39.1 Å². The Labute approximate surface area is 232 Å². The minimum absolute atomic E-state index is 0.125. The van der Waals surface area contributed by atoms with Gasteiger partial charge in [-0.3, -0.25) is 4.99 Å². The topological polar surface area (TPSA) is 117 Å². The second-order valence-electron chi connectivity index (χ2n) is 8.50. The van der Waals surface area contributed by atoms with E-state index in [-0.39, 0.29) is 26.4 Å². The Bertz CT molecular complexity index is 1450. The number of allylic oxidation sites excluding steroid dienone is 1. The summed E-state index contributed by atoms with van der Waals surface area (Å²) in [6.45, 7) is 1.14. The fourth-order valence-corrected chi connectivity index (χ4v) is 6.45. The number of hydrogen-bond acceptors (Lipinski definition) is 10. The van der Waals surface area contributed by atoms with E-state index in [9.17, 15) is 23.5 Å². The number of benzene rings is 1. The summed E-state index contributed by atoms with van der Waals surface area (Å²) in [6.07, 6.45) is 4.20. The molecule has 0 amide bonds. The van der Waals surface area contributed by atoms with Crippen molar-refractivity contribution in [1.82, 2.24) is 15.3 Å². The lowest BCUT2D eigenvalue weighted by Gasteiger charge is -2.36. The number of thiazole rings is 2. The molecule has 0 saturated carbocycles. The summed E-state index contributed by atoms with van der Waals surface area (Å²) in [5.74, 6) is -3.47. The molecular formula is C24H20BrF2N5O4S2. The van der Waals surface area contributed by atoms with Gasteiger partial charge < -0.3 is 20.1 Å². The van der Waals surface area contributed by atoms with Gasteiger partial charge in [0.15, 0.2) is 27.6 Å². The molecule has 1 unspecified atom stereocenters. The third-order valence-corrected chi connectivity index (χ3v) is 8.98. The molecule has 0 spiro atoms. The van der Waals surface area contributed by atoms with Crippen LogP contribution in [-0.2, 0) is 9.53 Å². The maximum absolute atomic E-state index is 14.6. The molecule has 1 fully saturated rings. The highest BCUT2D eigenvalue weighted by Gasteiger charge is 2.38. The molecule has 3 aromatic rings. The summed E-state index contributed by atoms with van der Waals surface area (Å²) in [6, 6.07) is 1.42. The van der Waals surface area contributed by atoms with Crippen LogP contribution in [0, 0.1) is 17.6 Å². The van der Waals surface area contributed by atoms with E-state index >= 15 is 0 Å². The Morgan fingerprint density at radius 3 is 2.63 bits per heavy atom. The molecule has 0 radical (unpaired) electrons. The fourth-order valence-electron chi connectivity index (χ4n) is 4.52. The van der Waals surface area contributed by atoms with Gasteiger partial charge in [0.25, 0.3) is 0 Å². The number of esters is 1. The highest BCUT2D eigenvalue weighted by Crippen LogP contribution is 2.41. The van der Waals surface area contributed by atoms with E-state index in [0.717, 1.165) is 17.4 Å². The summed E-state index contributed by atoms with van der Waals surface area (Å²) < 4.78 is 33.5. The molecule has 14 heteroatoms. The SMILES string of the molecule is COC(=O)C1=C(C2CCN(c3ncc(C(=O)O)s3)CC2)NC(c2nccs2)=NC1c1ccc(F)c(F)c1Br. The fraction of sp³-hybridized carbons (Fsp3) is 0.292. The maximum atomic E-state index is 14.6. The number of carboxylic acid groups (broad SMARTS) is 1. The number of anilines is 1. The molecule has 38 heavy (non-hydrogen) atoms. The highest BCUT2D eigenvalue weighted by molar-refractivity contribution is 9.10. The molecule has 0 aliphatic carbocycles. The zero-order valence-electron chi connectivity index (χ0n) is 19.8. The Hall–Kier alpha value is -3.23. The third kappa shape index (κ3) is 4.95. The number of aromatic carboxylic acids is 1. The van der Waals surface area contributed by atoms with E-state index in [2.05, 4.69) is 31.2 Å². The lowest BCUT2D eigenvalue weighted by molar-refractivity contribution is -0.136. The number of halogens is 3. The number of carbonyl (C=O) groups excluding carboxylic acids is 1. The van der Waals surface area contributed by atoms with Gasteiger partial charge in [-0.25, -0.2) is 28.3 Å². The third-order valence-electron chi connectivity index (χ3n) is 6.35. The summed E-state index contributed by atoms with van der Waals surface area (Å²) in [5, 5.41) is 15.5. The molecule has 2 aliphatic heterocycles. The average molecular weight is 624 g/mol. The first-order valence-corrected chi connectivity index (χ1v) is 13.9. The van der Waals surface area contributed by atoms with Gasteiger partial charge in [0.05, 0.1) is 23.4 Å². The zero-order valence-corrected chi connectivity index (χ0v) is 23.0. The van der Waals surface area contributed by atoms with Gasteiger partial charge in [-0.05, 0) is 40.4 Å². The van der Waals surface area contributed by atoms with Crippen molar-refractivity contribution in [3.05, 3.63) is 72.7 Å². The van der Waals surface area contributed by atoms with Crippen molar-refractivity contribution >= 4 is 61.5 Å². The van der Waals surface area contributed by atoms with E-state index in [1.54, 1.807) is 11.6 Å². The number of rotatable bonds is 6. The minimum Gasteiger partial charge on any atom is -0.477 e. The van der Waals surface area contributed by atoms with Crippen molar-refractivity contribution < 1.29 is 28.2 Å². The number of hydrogen-bond donors (Lipinski definition) is 2. The number of amidine groups is 1. The normalized spacial score (nSPS) is 18.3. The van der Waals surface area contributed by atoms with Crippen LogP contribution in [-0.4, -0.2) is 53.0 Å². The number of methoxy groups -OCH3 is 1. The van der Waals surface area contributed by atoms with Gasteiger partial charge in [-0.2, -0.15) is 0 Å². The largest absolute Gasteiger partial charge is 0.477 e. The molecule has 2 N–H and O–H groups in total.